The van der Waals surface area contributed by atoms with Crippen molar-refractivity contribution in [1.82, 2.24) is 30.2 Å². The van der Waals surface area contributed by atoms with Gasteiger partial charge in [0.25, 0.3) is 6.01 Å². The summed E-state index contributed by atoms with van der Waals surface area (Å²) in [6.07, 6.45) is 0. The highest BCUT2D eigenvalue weighted by atomic mass is 16.5. The van der Waals surface area contributed by atoms with Gasteiger partial charge in [0, 0.05) is 5.56 Å². The molecule has 5 rings (SSSR count). The van der Waals surface area contributed by atoms with E-state index in [9.17, 15) is 9.90 Å². The largest absolute Gasteiger partial charge is 0.478 e. The van der Waals surface area contributed by atoms with Crippen LogP contribution >= 0.6 is 0 Å². The number of hydrogen-bond acceptors (Lipinski definition) is 6. The number of imidazole rings is 1. The molecule has 0 bridgehead atoms. The molecule has 0 aliphatic rings. The molecular formula is C24H20N6O3. The van der Waals surface area contributed by atoms with Crippen LogP contribution < -0.4 is 4.74 Å². The third kappa shape index (κ3) is 3.80. The van der Waals surface area contributed by atoms with E-state index in [1.807, 2.05) is 0 Å². The zero-order valence-electron chi connectivity index (χ0n) is 23.2. The summed E-state index contributed by atoms with van der Waals surface area (Å²) in [4.78, 5) is 16.3. The van der Waals surface area contributed by atoms with Gasteiger partial charge in [0.15, 0.2) is 0 Å². The van der Waals surface area contributed by atoms with E-state index in [0.29, 0.717) is 11.1 Å². The molecule has 0 atom stereocenters. The Morgan fingerprint density at radius 1 is 1.15 bits per heavy atom. The van der Waals surface area contributed by atoms with Gasteiger partial charge in [0.1, 0.15) is 0 Å². The summed E-state index contributed by atoms with van der Waals surface area (Å²) in [6.45, 7) is -1.10. The van der Waals surface area contributed by atoms with Crippen molar-refractivity contribution in [2.45, 2.75) is 13.4 Å². The lowest BCUT2D eigenvalue weighted by molar-refractivity contribution is 0.0698. The van der Waals surface area contributed by atoms with E-state index in [4.69, 9.17) is 13.0 Å². The van der Waals surface area contributed by atoms with Gasteiger partial charge in [-0.05, 0) is 41.0 Å². The van der Waals surface area contributed by atoms with Crippen LogP contribution in [0.1, 0.15) is 31.1 Å². The monoisotopic (exact) mass is 446 g/mol. The summed E-state index contributed by atoms with van der Waals surface area (Å²) in [6, 6.07) is 8.19. The number of carboxylic acid groups (broad SMARTS) is 1. The summed E-state index contributed by atoms with van der Waals surface area (Å²) in [5.41, 5.74) is -0.274. The Labute approximate surface area is 197 Å². The minimum absolute atomic E-state index is 0.0719. The molecule has 33 heavy (non-hydrogen) atoms. The number of para-hydroxylation sites is 1. The molecule has 9 nitrogen and oxygen atoms in total. The smallest absolute Gasteiger partial charge is 0.337 e. The molecule has 2 aromatic heterocycles. The normalized spacial score (nSPS) is 14.1. The van der Waals surface area contributed by atoms with Crippen LogP contribution in [0.5, 0.6) is 6.01 Å². The number of aromatic carboxylic acids is 1. The zero-order chi connectivity index (χ0) is 28.1. The fourth-order valence-corrected chi connectivity index (χ4v) is 3.39. The van der Waals surface area contributed by atoms with Gasteiger partial charge in [-0.1, -0.05) is 54.5 Å². The Kier molecular flexibility index (Phi) is 3.76. The van der Waals surface area contributed by atoms with Crippen molar-refractivity contribution in [2.75, 3.05) is 6.61 Å². The van der Waals surface area contributed by atoms with Crippen LogP contribution in [0.15, 0.2) is 66.6 Å². The summed E-state index contributed by atoms with van der Waals surface area (Å²) >= 11 is 0. The molecule has 0 aliphatic carbocycles. The average molecular weight is 446 g/mol. The van der Waals surface area contributed by atoms with Crippen LogP contribution in [0.25, 0.3) is 33.5 Å². The third-order valence-corrected chi connectivity index (χ3v) is 4.78. The van der Waals surface area contributed by atoms with Crippen molar-refractivity contribution in [3.8, 4) is 28.5 Å². The van der Waals surface area contributed by atoms with E-state index in [1.54, 1.807) is 31.2 Å². The predicted octanol–water partition coefficient (Wildman–Crippen LogP) is 4.03. The topological polar surface area (TPSA) is 119 Å². The maximum atomic E-state index is 12.0. The van der Waals surface area contributed by atoms with Crippen molar-refractivity contribution in [3.63, 3.8) is 0 Å². The first-order chi connectivity index (χ1) is 18.6. The van der Waals surface area contributed by atoms with Crippen LogP contribution in [0.2, 0.25) is 0 Å². The second-order valence-electron chi connectivity index (χ2n) is 6.78. The summed E-state index contributed by atoms with van der Waals surface area (Å²) in [5, 5.41) is 23.6. The number of fused-ring (bicyclic) bond motifs is 1. The molecule has 0 spiro atoms. The first kappa shape index (κ1) is 14.5. The SMILES string of the molecule is [2H]c1c([2H])c(C([2H])([2H])n2c(OCC)nc3cccc(C(=O)O)c32)c([2H])c([2H])c1-c1ccccc1-c1nn[nH]n1. The number of H-pyrrole nitrogens is 1. The zero-order valence-corrected chi connectivity index (χ0v) is 17.2. The van der Waals surface area contributed by atoms with E-state index in [1.165, 1.54) is 18.2 Å². The highest BCUT2D eigenvalue weighted by molar-refractivity contribution is 6.01. The lowest BCUT2D eigenvalue weighted by atomic mass is 9.98. The van der Waals surface area contributed by atoms with Gasteiger partial charge in [-0.15, -0.1) is 10.2 Å². The van der Waals surface area contributed by atoms with Crippen molar-refractivity contribution in [1.29, 1.82) is 0 Å². The first-order valence-electron chi connectivity index (χ1n) is 12.9. The third-order valence-electron chi connectivity index (χ3n) is 4.78. The maximum absolute atomic E-state index is 12.0. The number of nitrogens with one attached hydrogen (secondary N) is 1. The van der Waals surface area contributed by atoms with Gasteiger partial charge >= 0.3 is 5.97 Å². The molecular weight excluding hydrogens is 420 g/mol. The summed E-state index contributed by atoms with van der Waals surface area (Å²) < 4.78 is 59.6. The van der Waals surface area contributed by atoms with Crippen molar-refractivity contribution >= 4 is 17.0 Å². The standard InChI is InChI=1S/C24H20N6O3/c1-2-33-24-25-20-9-5-8-19(23(31)32)21(20)30(24)14-15-10-12-16(13-11-15)17-6-3-4-7-18(17)22-26-28-29-27-22/h3-13H,2,14H2,1H3,(H,31,32)(H,26,27,28,29)/i10D,11D,12D,13D,14D2. The number of hydrogen-bond donors (Lipinski definition) is 2. The van der Waals surface area contributed by atoms with E-state index in [2.05, 4.69) is 25.6 Å². The van der Waals surface area contributed by atoms with Gasteiger partial charge in [0.2, 0.25) is 5.82 Å². The number of aromatic amines is 1. The van der Waals surface area contributed by atoms with Gasteiger partial charge in [-0.25, -0.2) is 4.79 Å². The molecule has 164 valence electrons. The Bertz CT molecular complexity index is 1710. The van der Waals surface area contributed by atoms with Crippen molar-refractivity contribution in [2.24, 2.45) is 0 Å². The van der Waals surface area contributed by atoms with Gasteiger partial charge in [-0.3, -0.25) is 4.57 Å². The fourth-order valence-electron chi connectivity index (χ4n) is 3.39. The number of rotatable bonds is 7. The molecule has 0 saturated heterocycles. The molecule has 2 N–H and O–H groups in total. The molecule has 0 amide bonds. The quantitative estimate of drug-likeness (QED) is 0.387. The molecule has 0 fully saturated rings. The number of ether oxygens (including phenoxy) is 1. The average Bonchev–Trinajstić information content (AvgIpc) is 3.56. The minimum atomic E-state index is -2.81. The Morgan fingerprint density at radius 3 is 2.64 bits per heavy atom. The highest BCUT2D eigenvalue weighted by Crippen LogP contribution is 2.31. The molecule has 0 radical (unpaired) electrons. The predicted molar refractivity (Wildman–Crippen MR) is 122 cm³/mol. The fraction of sp³-hybridized carbons (Fsp3) is 0.125. The summed E-state index contributed by atoms with van der Waals surface area (Å²) in [5.74, 6) is -1.16. The summed E-state index contributed by atoms with van der Waals surface area (Å²) in [7, 11) is 0. The van der Waals surface area contributed by atoms with E-state index < -0.39 is 42.2 Å². The van der Waals surface area contributed by atoms with Crippen molar-refractivity contribution in [3.05, 3.63) is 77.8 Å². The van der Waals surface area contributed by atoms with E-state index in [0.717, 1.165) is 4.57 Å². The van der Waals surface area contributed by atoms with Gasteiger partial charge in [0.05, 0.1) is 37.9 Å². The van der Waals surface area contributed by atoms with Crippen molar-refractivity contribution < 1.29 is 22.9 Å². The highest BCUT2D eigenvalue weighted by Gasteiger charge is 2.19. The maximum Gasteiger partial charge on any atom is 0.337 e. The molecule has 0 unspecified atom stereocenters. The Hall–Kier alpha value is -4.53. The number of nitrogens with zero attached hydrogens (tertiary/aromatic N) is 5. The molecule has 0 saturated carbocycles. The number of carbonyl (C=O) groups is 1. The van der Waals surface area contributed by atoms with Crippen LogP contribution in [-0.4, -0.2) is 47.9 Å². The van der Waals surface area contributed by atoms with Crippen LogP contribution in [0.4, 0.5) is 0 Å². The number of aromatic nitrogens is 6. The lowest BCUT2D eigenvalue weighted by Gasteiger charge is -2.12. The van der Waals surface area contributed by atoms with Crippen LogP contribution in [0.3, 0.4) is 0 Å². The minimum Gasteiger partial charge on any atom is -0.478 e. The Morgan fingerprint density at radius 2 is 1.94 bits per heavy atom. The number of tetrazole rings is 1. The second kappa shape index (κ2) is 8.54. The van der Waals surface area contributed by atoms with E-state index >= 15 is 0 Å². The number of carboxylic acids is 1. The molecule has 5 aromatic rings. The van der Waals surface area contributed by atoms with Gasteiger partial charge < -0.3 is 9.84 Å². The molecule has 2 heterocycles. The first-order valence-corrected chi connectivity index (χ1v) is 9.91. The molecule has 0 aliphatic heterocycles. The number of benzene rings is 3. The second-order valence-corrected chi connectivity index (χ2v) is 6.78. The lowest BCUT2D eigenvalue weighted by Crippen LogP contribution is -2.08. The molecule has 9 heteroatoms. The Balaban J connectivity index is 1.80. The molecule has 3 aromatic carbocycles. The van der Waals surface area contributed by atoms with E-state index in [-0.39, 0.29) is 40.6 Å². The van der Waals surface area contributed by atoms with Crippen LogP contribution in [-0.2, 0) is 6.50 Å². The van der Waals surface area contributed by atoms with Crippen LogP contribution in [0, 0.1) is 0 Å². The van der Waals surface area contributed by atoms with Gasteiger partial charge in [-0.2, -0.15) is 10.2 Å².